The number of hydrogen-bond acceptors (Lipinski definition) is 3. The van der Waals surface area contributed by atoms with Crippen LogP contribution >= 0.6 is 0 Å². The molecular formula is C16H20FNO4. The normalized spacial score (nSPS) is 14.5. The van der Waals surface area contributed by atoms with E-state index in [1.807, 2.05) is 0 Å². The standard InChI is InChI=1S/C16H20FNO4/c1-16(2,15(20)21)8-14(19)18-12-6-5-11(17)7-13(12)22-9-10-3-4-10/h5-7,10H,3-4,8-9H2,1-2H3,(H,18,19)(H,20,21). The van der Waals surface area contributed by atoms with E-state index in [4.69, 9.17) is 9.84 Å². The Morgan fingerprint density at radius 1 is 1.41 bits per heavy atom. The maximum absolute atomic E-state index is 13.3. The molecule has 0 unspecified atom stereocenters. The predicted octanol–water partition coefficient (Wildman–Crippen LogP) is 3.05. The summed E-state index contributed by atoms with van der Waals surface area (Å²) in [6.07, 6.45) is 2.02. The van der Waals surface area contributed by atoms with E-state index in [-0.39, 0.29) is 12.2 Å². The van der Waals surface area contributed by atoms with Gasteiger partial charge >= 0.3 is 5.97 Å². The summed E-state index contributed by atoms with van der Waals surface area (Å²) in [4.78, 5) is 23.0. The summed E-state index contributed by atoms with van der Waals surface area (Å²) >= 11 is 0. The Hall–Kier alpha value is -2.11. The molecule has 1 fully saturated rings. The number of carboxylic acid groups (broad SMARTS) is 1. The molecule has 2 rings (SSSR count). The van der Waals surface area contributed by atoms with Crippen molar-refractivity contribution in [1.29, 1.82) is 0 Å². The maximum Gasteiger partial charge on any atom is 0.309 e. The third-order valence-electron chi connectivity index (χ3n) is 3.57. The van der Waals surface area contributed by atoms with Crippen LogP contribution in [0.2, 0.25) is 0 Å². The number of rotatable bonds is 7. The first-order valence-electron chi connectivity index (χ1n) is 7.23. The summed E-state index contributed by atoms with van der Waals surface area (Å²) in [5.41, 5.74) is -0.813. The van der Waals surface area contributed by atoms with Crippen LogP contribution < -0.4 is 10.1 Å². The van der Waals surface area contributed by atoms with Crippen molar-refractivity contribution in [2.75, 3.05) is 11.9 Å². The summed E-state index contributed by atoms with van der Waals surface area (Å²) in [5.74, 6) is -1.18. The molecule has 0 atom stereocenters. The van der Waals surface area contributed by atoms with E-state index in [1.165, 1.54) is 32.0 Å². The van der Waals surface area contributed by atoms with Gasteiger partial charge in [0.05, 0.1) is 17.7 Å². The quantitative estimate of drug-likeness (QED) is 0.811. The highest BCUT2D eigenvalue weighted by Gasteiger charge is 2.30. The van der Waals surface area contributed by atoms with Crippen LogP contribution in [0.1, 0.15) is 33.1 Å². The van der Waals surface area contributed by atoms with E-state index < -0.39 is 23.1 Å². The summed E-state index contributed by atoms with van der Waals surface area (Å²) < 4.78 is 18.9. The van der Waals surface area contributed by atoms with Crippen molar-refractivity contribution >= 4 is 17.6 Å². The Bertz CT molecular complexity index is 582. The van der Waals surface area contributed by atoms with Gasteiger partial charge in [-0.1, -0.05) is 0 Å². The van der Waals surface area contributed by atoms with E-state index in [0.717, 1.165) is 12.8 Å². The number of carbonyl (C=O) groups is 2. The molecule has 1 aliphatic carbocycles. The van der Waals surface area contributed by atoms with E-state index in [0.29, 0.717) is 18.2 Å². The number of carboxylic acids is 1. The molecule has 0 saturated heterocycles. The van der Waals surface area contributed by atoms with Gasteiger partial charge in [-0.2, -0.15) is 0 Å². The molecule has 6 heteroatoms. The van der Waals surface area contributed by atoms with E-state index in [1.54, 1.807) is 0 Å². The fraction of sp³-hybridized carbons (Fsp3) is 0.500. The zero-order valence-corrected chi connectivity index (χ0v) is 12.7. The third-order valence-corrected chi connectivity index (χ3v) is 3.57. The van der Waals surface area contributed by atoms with Gasteiger partial charge in [-0.25, -0.2) is 4.39 Å². The molecule has 1 aromatic carbocycles. The van der Waals surface area contributed by atoms with Gasteiger partial charge < -0.3 is 15.2 Å². The van der Waals surface area contributed by atoms with Crippen LogP contribution in [0.4, 0.5) is 10.1 Å². The van der Waals surface area contributed by atoms with Gasteiger partial charge in [-0.05, 0) is 44.7 Å². The second kappa shape index (κ2) is 6.34. The van der Waals surface area contributed by atoms with Gasteiger partial charge in [-0.15, -0.1) is 0 Å². The molecule has 2 N–H and O–H groups in total. The number of nitrogens with one attached hydrogen (secondary N) is 1. The lowest BCUT2D eigenvalue weighted by molar-refractivity contribution is -0.148. The molecular weight excluding hydrogens is 289 g/mol. The van der Waals surface area contributed by atoms with Crippen molar-refractivity contribution in [2.24, 2.45) is 11.3 Å². The highest BCUT2D eigenvalue weighted by Crippen LogP contribution is 2.32. The fourth-order valence-corrected chi connectivity index (χ4v) is 1.88. The highest BCUT2D eigenvalue weighted by atomic mass is 19.1. The Labute approximate surface area is 128 Å². The molecule has 0 aromatic heterocycles. The van der Waals surface area contributed by atoms with E-state index in [2.05, 4.69) is 5.32 Å². The first-order valence-corrected chi connectivity index (χ1v) is 7.23. The third kappa shape index (κ3) is 4.44. The minimum atomic E-state index is -1.17. The van der Waals surface area contributed by atoms with Crippen LogP contribution in [0.15, 0.2) is 18.2 Å². The number of carbonyl (C=O) groups excluding carboxylic acids is 1. The lowest BCUT2D eigenvalue weighted by Crippen LogP contribution is -2.29. The summed E-state index contributed by atoms with van der Waals surface area (Å²) in [7, 11) is 0. The molecule has 0 bridgehead atoms. The van der Waals surface area contributed by atoms with E-state index >= 15 is 0 Å². The van der Waals surface area contributed by atoms with Gasteiger partial charge in [0.1, 0.15) is 11.6 Å². The summed E-state index contributed by atoms with van der Waals surface area (Å²) in [6.45, 7) is 3.45. The molecule has 0 aliphatic heterocycles. The molecule has 1 amide bonds. The first kappa shape index (κ1) is 16.3. The summed E-state index contributed by atoms with van der Waals surface area (Å²) in [6, 6.07) is 3.87. The number of amides is 1. The average Bonchev–Trinajstić information content (AvgIpc) is 3.22. The van der Waals surface area contributed by atoms with Gasteiger partial charge in [0.25, 0.3) is 0 Å². The van der Waals surface area contributed by atoms with E-state index in [9.17, 15) is 14.0 Å². The first-order chi connectivity index (χ1) is 10.3. The van der Waals surface area contributed by atoms with Gasteiger partial charge in [0.2, 0.25) is 5.91 Å². The smallest absolute Gasteiger partial charge is 0.309 e. The molecule has 0 radical (unpaired) electrons. The van der Waals surface area contributed by atoms with Crippen molar-refractivity contribution in [3.63, 3.8) is 0 Å². The molecule has 1 aliphatic rings. The molecule has 120 valence electrons. The second-order valence-corrected chi connectivity index (χ2v) is 6.31. The molecule has 1 aromatic rings. The van der Waals surface area contributed by atoms with Gasteiger partial charge in [-0.3, -0.25) is 9.59 Å². The van der Waals surface area contributed by atoms with Crippen molar-refractivity contribution in [3.8, 4) is 5.75 Å². The van der Waals surface area contributed by atoms with Crippen LogP contribution in [0, 0.1) is 17.2 Å². The zero-order valence-electron chi connectivity index (χ0n) is 12.7. The fourth-order valence-electron chi connectivity index (χ4n) is 1.88. The average molecular weight is 309 g/mol. The van der Waals surface area contributed by atoms with Crippen LogP contribution in [0.3, 0.4) is 0 Å². The number of halogens is 1. The SMILES string of the molecule is CC(C)(CC(=O)Nc1ccc(F)cc1OCC1CC1)C(=O)O. The maximum atomic E-state index is 13.3. The Morgan fingerprint density at radius 2 is 2.09 bits per heavy atom. The number of ether oxygens (including phenoxy) is 1. The largest absolute Gasteiger partial charge is 0.491 e. The van der Waals surface area contributed by atoms with Crippen molar-refractivity contribution < 1.29 is 23.8 Å². The molecule has 5 nitrogen and oxygen atoms in total. The molecule has 1 saturated carbocycles. The zero-order chi connectivity index (χ0) is 16.3. The molecule has 0 spiro atoms. The monoisotopic (exact) mass is 309 g/mol. The van der Waals surface area contributed by atoms with Crippen LogP contribution in [-0.4, -0.2) is 23.6 Å². The Morgan fingerprint density at radius 3 is 2.68 bits per heavy atom. The Kier molecular flexibility index (Phi) is 4.68. The minimum absolute atomic E-state index is 0.179. The van der Waals surface area contributed by atoms with Gasteiger partial charge in [0, 0.05) is 12.5 Å². The topological polar surface area (TPSA) is 75.6 Å². The second-order valence-electron chi connectivity index (χ2n) is 6.31. The van der Waals surface area contributed by atoms with Crippen molar-refractivity contribution in [3.05, 3.63) is 24.0 Å². The lowest BCUT2D eigenvalue weighted by Gasteiger charge is -2.19. The minimum Gasteiger partial charge on any atom is -0.491 e. The van der Waals surface area contributed by atoms with Crippen molar-refractivity contribution in [2.45, 2.75) is 33.1 Å². The van der Waals surface area contributed by atoms with Crippen LogP contribution in [0.25, 0.3) is 0 Å². The van der Waals surface area contributed by atoms with Crippen LogP contribution in [0.5, 0.6) is 5.75 Å². The predicted molar refractivity (Wildman–Crippen MR) is 79.3 cm³/mol. The van der Waals surface area contributed by atoms with Crippen LogP contribution in [-0.2, 0) is 9.59 Å². The van der Waals surface area contributed by atoms with Gasteiger partial charge in [0.15, 0.2) is 0 Å². The molecule has 22 heavy (non-hydrogen) atoms. The Balaban J connectivity index is 2.04. The highest BCUT2D eigenvalue weighted by molar-refractivity contribution is 5.95. The number of benzene rings is 1. The molecule has 0 heterocycles. The van der Waals surface area contributed by atoms with Crippen molar-refractivity contribution in [1.82, 2.24) is 0 Å². The summed E-state index contributed by atoms with van der Waals surface area (Å²) in [5, 5.41) is 11.6. The number of hydrogen-bond donors (Lipinski definition) is 2. The number of aliphatic carboxylic acids is 1. The lowest BCUT2D eigenvalue weighted by atomic mass is 9.89. The number of anilines is 1.